The number of benzene rings is 2. The summed E-state index contributed by atoms with van der Waals surface area (Å²) in [5.74, 6) is -1.69. The van der Waals surface area contributed by atoms with Crippen LogP contribution in [0.1, 0.15) is 60.9 Å². The average Bonchev–Trinajstić information content (AvgIpc) is 3.64. The zero-order chi connectivity index (χ0) is 32.6. The number of aromatic nitrogens is 3. The highest BCUT2D eigenvalue weighted by Crippen LogP contribution is 2.54. The van der Waals surface area contributed by atoms with Crippen molar-refractivity contribution in [2.24, 2.45) is 23.2 Å². The Morgan fingerprint density at radius 2 is 1.73 bits per heavy atom. The Hall–Kier alpha value is -3.54. The summed E-state index contributed by atoms with van der Waals surface area (Å²) >= 11 is 0. The van der Waals surface area contributed by atoms with Gasteiger partial charge in [0.15, 0.2) is 5.78 Å². The SMILES string of the molecule is C[Si](C)(C)CCC1(C(=O)O)C(Cn2nnc3ccc(C(F)(F)F)cc3c2=O)CCC1C(=O)c1ccc(OCC2CCCC2)cc1. The van der Waals surface area contributed by atoms with E-state index in [2.05, 4.69) is 30.0 Å². The summed E-state index contributed by atoms with van der Waals surface area (Å²) in [6.45, 7) is 6.85. The molecule has 242 valence electrons. The van der Waals surface area contributed by atoms with Gasteiger partial charge in [-0.1, -0.05) is 43.7 Å². The van der Waals surface area contributed by atoms with Crippen molar-refractivity contribution in [3.05, 3.63) is 63.9 Å². The monoisotopic (exact) mass is 643 g/mol. The molecule has 3 unspecified atom stereocenters. The Morgan fingerprint density at radius 3 is 2.36 bits per heavy atom. The number of carbonyl (C=O) groups excluding carboxylic acids is 1. The van der Waals surface area contributed by atoms with Gasteiger partial charge >= 0.3 is 12.1 Å². The number of hydrogen-bond donors (Lipinski definition) is 1. The van der Waals surface area contributed by atoms with Gasteiger partial charge in [-0.2, -0.15) is 13.2 Å². The molecular formula is C33H40F3N3O5Si. The van der Waals surface area contributed by atoms with Crippen LogP contribution in [0.4, 0.5) is 13.2 Å². The average molecular weight is 644 g/mol. The zero-order valence-corrected chi connectivity index (χ0v) is 26.9. The van der Waals surface area contributed by atoms with E-state index < -0.39 is 48.6 Å². The number of carbonyl (C=O) groups is 2. The normalized spacial score (nSPS) is 22.6. The van der Waals surface area contributed by atoms with Gasteiger partial charge in [-0.15, -0.1) is 5.10 Å². The third-order valence-corrected chi connectivity index (χ3v) is 11.4. The molecule has 45 heavy (non-hydrogen) atoms. The summed E-state index contributed by atoms with van der Waals surface area (Å²) in [5, 5.41) is 18.5. The van der Waals surface area contributed by atoms with E-state index in [9.17, 15) is 32.7 Å². The minimum Gasteiger partial charge on any atom is -0.493 e. The van der Waals surface area contributed by atoms with Crippen LogP contribution in [-0.4, -0.2) is 46.5 Å². The fraction of sp³-hybridized carbons (Fsp3) is 0.545. The van der Waals surface area contributed by atoms with Crippen molar-refractivity contribution in [3.63, 3.8) is 0 Å². The van der Waals surface area contributed by atoms with Crippen LogP contribution in [0, 0.1) is 23.2 Å². The van der Waals surface area contributed by atoms with Crippen molar-refractivity contribution in [2.45, 2.75) is 83.4 Å². The number of ketones is 1. The molecule has 2 fully saturated rings. The van der Waals surface area contributed by atoms with Crippen LogP contribution in [0.15, 0.2) is 47.3 Å². The number of fused-ring (bicyclic) bond motifs is 1. The second-order valence-corrected chi connectivity index (χ2v) is 19.5. The van der Waals surface area contributed by atoms with Gasteiger partial charge < -0.3 is 9.84 Å². The first-order valence-electron chi connectivity index (χ1n) is 15.6. The summed E-state index contributed by atoms with van der Waals surface area (Å²) < 4.78 is 47.1. The van der Waals surface area contributed by atoms with E-state index in [4.69, 9.17) is 4.74 Å². The van der Waals surface area contributed by atoms with Crippen LogP contribution < -0.4 is 10.3 Å². The number of carboxylic acids is 1. The molecule has 2 saturated carbocycles. The van der Waals surface area contributed by atoms with Crippen LogP contribution in [-0.2, 0) is 17.5 Å². The summed E-state index contributed by atoms with van der Waals surface area (Å²) in [5.41, 5.74) is -2.84. The minimum atomic E-state index is -4.65. The molecule has 0 bridgehead atoms. The van der Waals surface area contributed by atoms with Gasteiger partial charge in [0.25, 0.3) is 5.56 Å². The predicted molar refractivity (Wildman–Crippen MR) is 166 cm³/mol. The number of aliphatic carboxylic acids is 1. The maximum Gasteiger partial charge on any atom is 0.416 e. The highest BCUT2D eigenvalue weighted by molar-refractivity contribution is 6.76. The molecule has 8 nitrogen and oxygen atoms in total. The van der Waals surface area contributed by atoms with E-state index in [1.54, 1.807) is 24.3 Å². The van der Waals surface area contributed by atoms with E-state index in [0.717, 1.165) is 35.7 Å². The Morgan fingerprint density at radius 1 is 1.04 bits per heavy atom. The van der Waals surface area contributed by atoms with Gasteiger partial charge in [0.1, 0.15) is 11.3 Å². The third-order valence-electron chi connectivity index (χ3n) is 9.70. The molecule has 2 aliphatic carbocycles. The Kier molecular flexibility index (Phi) is 9.26. The second kappa shape index (κ2) is 12.7. The number of alkyl halides is 3. The quantitative estimate of drug-likeness (QED) is 0.175. The van der Waals surface area contributed by atoms with Crippen LogP contribution in [0.3, 0.4) is 0 Å². The summed E-state index contributed by atoms with van der Waals surface area (Å²) in [7, 11) is -1.78. The molecule has 3 atom stereocenters. The molecule has 12 heteroatoms. The van der Waals surface area contributed by atoms with E-state index in [0.29, 0.717) is 42.7 Å². The van der Waals surface area contributed by atoms with E-state index in [1.807, 2.05) is 0 Å². The molecule has 2 aromatic carbocycles. The van der Waals surface area contributed by atoms with E-state index in [-0.39, 0.29) is 29.7 Å². The first kappa shape index (κ1) is 32.8. The van der Waals surface area contributed by atoms with Crippen molar-refractivity contribution in [1.82, 2.24) is 15.0 Å². The fourth-order valence-corrected chi connectivity index (χ4v) is 8.23. The predicted octanol–water partition coefficient (Wildman–Crippen LogP) is 7.09. The molecule has 2 aliphatic rings. The molecule has 5 rings (SSSR count). The third kappa shape index (κ3) is 7.00. The number of halogens is 3. The highest BCUT2D eigenvalue weighted by Gasteiger charge is 2.58. The number of nitrogens with zero attached hydrogens (tertiary/aromatic N) is 3. The zero-order valence-electron chi connectivity index (χ0n) is 25.9. The maximum atomic E-state index is 14.0. The number of ether oxygens (including phenoxy) is 1. The lowest BCUT2D eigenvalue weighted by Crippen LogP contribution is -2.46. The van der Waals surface area contributed by atoms with Crippen LogP contribution >= 0.6 is 0 Å². The highest BCUT2D eigenvalue weighted by atomic mass is 28.3. The molecule has 1 N–H and O–H groups in total. The van der Waals surface area contributed by atoms with Crippen molar-refractivity contribution in [1.29, 1.82) is 0 Å². The molecule has 3 aromatic rings. The minimum absolute atomic E-state index is 0.0163. The standard InChI is InChI=1S/C33H40F3N3O5Si/c1-45(2,3)17-16-32(31(42)43)24(19-39-30(41)26-18-23(33(34,35)36)11-15-28(26)37-38-39)10-14-27(32)29(40)22-8-12-25(13-9-22)44-20-21-6-4-5-7-21/h8-9,11-13,15,18,21,24,27H,4-7,10,14,16-17,19-20H2,1-3H3,(H,42,43). The van der Waals surface area contributed by atoms with Crippen molar-refractivity contribution in [3.8, 4) is 5.75 Å². The fourth-order valence-electron chi connectivity index (χ4n) is 7.07. The lowest BCUT2D eigenvalue weighted by molar-refractivity contribution is -0.154. The number of carboxylic acid groups (broad SMARTS) is 1. The molecule has 0 aliphatic heterocycles. The summed E-state index contributed by atoms with van der Waals surface area (Å²) in [4.78, 5) is 40.7. The molecular weight excluding hydrogens is 603 g/mol. The van der Waals surface area contributed by atoms with Gasteiger partial charge in [-0.05, 0) is 86.4 Å². The second-order valence-electron chi connectivity index (χ2n) is 13.9. The number of rotatable bonds is 11. The number of Topliss-reactive ketones (excluding diaryl/α,β-unsaturated/α-hetero) is 1. The smallest absolute Gasteiger partial charge is 0.416 e. The van der Waals surface area contributed by atoms with E-state index >= 15 is 0 Å². The van der Waals surface area contributed by atoms with Crippen LogP contribution in [0.2, 0.25) is 25.7 Å². The van der Waals surface area contributed by atoms with Crippen LogP contribution in [0.25, 0.3) is 10.9 Å². The topological polar surface area (TPSA) is 111 Å². The Labute approximate surface area is 261 Å². The molecule has 0 radical (unpaired) electrons. The summed E-state index contributed by atoms with van der Waals surface area (Å²) in [6, 6.07) is 10.2. The largest absolute Gasteiger partial charge is 0.493 e. The van der Waals surface area contributed by atoms with Crippen LogP contribution in [0.5, 0.6) is 5.75 Å². The molecule has 1 aromatic heterocycles. The Balaban J connectivity index is 1.45. The summed E-state index contributed by atoms with van der Waals surface area (Å²) in [6.07, 6.45) is 0.974. The van der Waals surface area contributed by atoms with E-state index in [1.165, 1.54) is 12.8 Å². The maximum absolute atomic E-state index is 14.0. The molecule has 1 heterocycles. The van der Waals surface area contributed by atoms with Gasteiger partial charge in [0, 0.05) is 19.6 Å². The molecule has 0 saturated heterocycles. The Bertz CT molecular complexity index is 1610. The molecule has 0 spiro atoms. The van der Waals surface area contributed by atoms with Crippen molar-refractivity contribution < 1.29 is 32.6 Å². The first-order valence-corrected chi connectivity index (χ1v) is 19.3. The van der Waals surface area contributed by atoms with Gasteiger partial charge in [-0.3, -0.25) is 14.4 Å². The lowest BCUT2D eigenvalue weighted by Gasteiger charge is -2.37. The molecule has 0 amide bonds. The first-order chi connectivity index (χ1) is 21.2. The van der Waals surface area contributed by atoms with Crippen molar-refractivity contribution >= 4 is 30.7 Å². The lowest BCUT2D eigenvalue weighted by atomic mass is 9.67. The number of hydrogen-bond acceptors (Lipinski definition) is 6. The van der Waals surface area contributed by atoms with Gasteiger partial charge in [0.2, 0.25) is 0 Å². The van der Waals surface area contributed by atoms with Gasteiger partial charge in [0.05, 0.1) is 29.5 Å². The van der Waals surface area contributed by atoms with Crippen molar-refractivity contribution in [2.75, 3.05) is 6.61 Å². The van der Waals surface area contributed by atoms with Gasteiger partial charge in [-0.25, -0.2) is 4.68 Å².